The summed E-state index contributed by atoms with van der Waals surface area (Å²) in [6.45, 7) is 5.14. The molecule has 90 valence electrons. The molecular weight excluding hydrogens is 200 g/mol. The van der Waals surface area contributed by atoms with Crippen molar-refractivity contribution in [1.29, 1.82) is 0 Å². The Morgan fingerprint density at radius 2 is 2.12 bits per heavy atom. The fraction of sp³-hybridized carbons (Fsp3) is 0.769. The number of hydrogen-bond donors (Lipinski definition) is 1. The Hall–Kier alpha value is -0.830. The number of aliphatic hydroxyl groups is 1. The van der Waals surface area contributed by atoms with Gasteiger partial charge >= 0.3 is 0 Å². The van der Waals surface area contributed by atoms with Gasteiger partial charge in [-0.2, -0.15) is 5.10 Å². The number of aromatic nitrogens is 2. The Morgan fingerprint density at radius 3 is 2.69 bits per heavy atom. The smallest absolute Gasteiger partial charge is 0.106 e. The van der Waals surface area contributed by atoms with Crippen LogP contribution in [0.4, 0.5) is 0 Å². The summed E-state index contributed by atoms with van der Waals surface area (Å²) in [6, 6.07) is 1.97. The van der Waals surface area contributed by atoms with Gasteiger partial charge in [0.05, 0.1) is 5.69 Å². The van der Waals surface area contributed by atoms with Gasteiger partial charge in [0, 0.05) is 12.7 Å². The number of hydrogen-bond acceptors (Lipinski definition) is 2. The van der Waals surface area contributed by atoms with E-state index in [1.54, 1.807) is 6.20 Å². The molecule has 0 radical (unpaired) electrons. The van der Waals surface area contributed by atoms with Crippen molar-refractivity contribution in [2.24, 2.45) is 5.92 Å². The zero-order valence-electron chi connectivity index (χ0n) is 10.3. The molecule has 1 aromatic heterocycles. The first-order valence-electron chi connectivity index (χ1n) is 6.44. The van der Waals surface area contributed by atoms with Crippen LogP contribution in [-0.2, 0) is 12.1 Å². The lowest BCUT2D eigenvalue weighted by Gasteiger charge is -2.36. The average molecular weight is 222 g/mol. The van der Waals surface area contributed by atoms with Crippen LogP contribution in [-0.4, -0.2) is 14.9 Å². The monoisotopic (exact) mass is 222 g/mol. The van der Waals surface area contributed by atoms with Gasteiger partial charge in [-0.15, -0.1) is 0 Å². The fourth-order valence-electron chi connectivity index (χ4n) is 2.80. The van der Waals surface area contributed by atoms with E-state index in [1.165, 1.54) is 6.42 Å². The topological polar surface area (TPSA) is 38.1 Å². The first-order chi connectivity index (χ1) is 7.69. The van der Waals surface area contributed by atoms with E-state index < -0.39 is 5.60 Å². The second kappa shape index (κ2) is 4.58. The summed E-state index contributed by atoms with van der Waals surface area (Å²) in [5, 5.41) is 14.9. The van der Waals surface area contributed by atoms with Gasteiger partial charge in [-0.25, -0.2) is 0 Å². The van der Waals surface area contributed by atoms with Gasteiger partial charge in [-0.05, 0) is 44.6 Å². The number of rotatable bonds is 3. The van der Waals surface area contributed by atoms with E-state index in [-0.39, 0.29) is 0 Å². The summed E-state index contributed by atoms with van der Waals surface area (Å²) >= 11 is 0. The molecule has 1 heterocycles. The molecular formula is C13H22N2O. The quantitative estimate of drug-likeness (QED) is 0.854. The van der Waals surface area contributed by atoms with Crippen LogP contribution in [0.25, 0.3) is 0 Å². The molecule has 0 unspecified atom stereocenters. The van der Waals surface area contributed by atoms with Gasteiger partial charge in [0.1, 0.15) is 5.60 Å². The molecule has 1 aromatic rings. The predicted molar refractivity (Wildman–Crippen MR) is 64.0 cm³/mol. The molecule has 0 atom stereocenters. The molecule has 3 heteroatoms. The standard InChI is InChI=1S/C13H22N2O/c1-3-11-5-8-13(16,9-6-11)12-7-10-14-15(12)4-2/h7,10-11,16H,3-6,8-9H2,1-2H3. The van der Waals surface area contributed by atoms with Crippen LogP contribution >= 0.6 is 0 Å². The molecule has 1 saturated carbocycles. The third-order valence-corrected chi connectivity index (χ3v) is 4.00. The summed E-state index contributed by atoms with van der Waals surface area (Å²) in [4.78, 5) is 0. The molecule has 1 N–H and O–H groups in total. The lowest BCUT2D eigenvalue weighted by Crippen LogP contribution is -2.33. The first kappa shape index (κ1) is 11.6. The lowest BCUT2D eigenvalue weighted by molar-refractivity contribution is -0.0219. The van der Waals surface area contributed by atoms with Crippen LogP contribution in [0.5, 0.6) is 0 Å². The van der Waals surface area contributed by atoms with E-state index in [0.29, 0.717) is 0 Å². The normalized spacial score (nSPS) is 30.6. The highest BCUT2D eigenvalue weighted by Gasteiger charge is 2.36. The van der Waals surface area contributed by atoms with Crippen LogP contribution in [0.15, 0.2) is 12.3 Å². The van der Waals surface area contributed by atoms with Crippen LogP contribution in [0.1, 0.15) is 51.6 Å². The minimum Gasteiger partial charge on any atom is -0.384 e. The molecule has 0 saturated heterocycles. The molecule has 2 rings (SSSR count). The fourth-order valence-corrected chi connectivity index (χ4v) is 2.80. The predicted octanol–water partition coefficient (Wildman–Crippen LogP) is 2.69. The molecule has 0 bridgehead atoms. The Labute approximate surface area is 97.5 Å². The molecule has 0 aliphatic heterocycles. The van der Waals surface area contributed by atoms with Crippen LogP contribution in [0, 0.1) is 5.92 Å². The lowest BCUT2D eigenvalue weighted by atomic mass is 9.76. The first-order valence-corrected chi connectivity index (χ1v) is 6.44. The van der Waals surface area contributed by atoms with Crippen molar-refractivity contribution >= 4 is 0 Å². The van der Waals surface area contributed by atoms with E-state index in [0.717, 1.165) is 43.8 Å². The van der Waals surface area contributed by atoms with Crippen LogP contribution < -0.4 is 0 Å². The minimum absolute atomic E-state index is 0.627. The zero-order valence-corrected chi connectivity index (χ0v) is 10.3. The van der Waals surface area contributed by atoms with Gasteiger partial charge in [0.25, 0.3) is 0 Å². The molecule has 1 aliphatic rings. The van der Waals surface area contributed by atoms with Crippen molar-refractivity contribution in [3.05, 3.63) is 18.0 Å². The third-order valence-electron chi connectivity index (χ3n) is 4.00. The summed E-state index contributed by atoms with van der Waals surface area (Å²) in [5.41, 5.74) is 0.377. The van der Waals surface area contributed by atoms with Crippen LogP contribution in [0.2, 0.25) is 0 Å². The van der Waals surface area contributed by atoms with Gasteiger partial charge in [-0.1, -0.05) is 13.3 Å². The molecule has 1 aliphatic carbocycles. The molecule has 0 aromatic carbocycles. The van der Waals surface area contributed by atoms with Gasteiger partial charge in [-0.3, -0.25) is 4.68 Å². The Kier molecular flexibility index (Phi) is 3.33. The Morgan fingerprint density at radius 1 is 1.44 bits per heavy atom. The van der Waals surface area contributed by atoms with Crippen LogP contribution in [0.3, 0.4) is 0 Å². The van der Waals surface area contributed by atoms with Crippen molar-refractivity contribution in [3.8, 4) is 0 Å². The van der Waals surface area contributed by atoms with Crippen molar-refractivity contribution in [1.82, 2.24) is 9.78 Å². The summed E-state index contributed by atoms with van der Waals surface area (Å²) < 4.78 is 1.92. The largest absolute Gasteiger partial charge is 0.384 e. The van der Waals surface area contributed by atoms with Crippen molar-refractivity contribution < 1.29 is 5.11 Å². The third kappa shape index (κ3) is 2.01. The molecule has 3 nitrogen and oxygen atoms in total. The SMILES string of the molecule is CCC1CCC(O)(c2ccnn2CC)CC1. The highest BCUT2D eigenvalue weighted by molar-refractivity contribution is 5.13. The van der Waals surface area contributed by atoms with Crippen molar-refractivity contribution in [3.63, 3.8) is 0 Å². The Bertz CT molecular complexity index is 337. The van der Waals surface area contributed by atoms with E-state index in [9.17, 15) is 5.11 Å². The maximum atomic E-state index is 10.7. The second-order valence-corrected chi connectivity index (χ2v) is 4.92. The van der Waals surface area contributed by atoms with E-state index in [1.807, 2.05) is 10.7 Å². The Balaban J connectivity index is 2.14. The van der Waals surface area contributed by atoms with Crippen molar-refractivity contribution in [2.75, 3.05) is 0 Å². The van der Waals surface area contributed by atoms with E-state index in [4.69, 9.17) is 0 Å². The van der Waals surface area contributed by atoms with Gasteiger partial charge in [0.2, 0.25) is 0 Å². The maximum absolute atomic E-state index is 10.7. The van der Waals surface area contributed by atoms with E-state index in [2.05, 4.69) is 18.9 Å². The molecule has 1 fully saturated rings. The molecule has 0 amide bonds. The highest BCUT2D eigenvalue weighted by atomic mass is 16.3. The highest BCUT2D eigenvalue weighted by Crippen LogP contribution is 2.40. The average Bonchev–Trinajstić information content (AvgIpc) is 2.79. The number of nitrogens with zero attached hydrogens (tertiary/aromatic N) is 2. The zero-order chi connectivity index (χ0) is 11.6. The second-order valence-electron chi connectivity index (χ2n) is 4.92. The molecule has 0 spiro atoms. The minimum atomic E-state index is -0.627. The molecule has 16 heavy (non-hydrogen) atoms. The number of aryl methyl sites for hydroxylation is 1. The van der Waals surface area contributed by atoms with Gasteiger partial charge in [0.15, 0.2) is 0 Å². The maximum Gasteiger partial charge on any atom is 0.106 e. The summed E-state index contributed by atoms with van der Waals surface area (Å²) in [5.74, 6) is 0.804. The van der Waals surface area contributed by atoms with E-state index >= 15 is 0 Å². The van der Waals surface area contributed by atoms with Crippen molar-refractivity contribution in [2.45, 2.75) is 58.1 Å². The summed E-state index contributed by atoms with van der Waals surface area (Å²) in [6.07, 6.45) is 7.09. The van der Waals surface area contributed by atoms with Gasteiger partial charge < -0.3 is 5.11 Å². The summed E-state index contributed by atoms with van der Waals surface area (Å²) in [7, 11) is 0.